The van der Waals surface area contributed by atoms with Gasteiger partial charge in [0.1, 0.15) is 5.82 Å². The van der Waals surface area contributed by atoms with Crippen LogP contribution in [-0.4, -0.2) is 26.5 Å². The van der Waals surface area contributed by atoms with Gasteiger partial charge in [0.15, 0.2) is 0 Å². The van der Waals surface area contributed by atoms with Crippen molar-refractivity contribution in [3.63, 3.8) is 0 Å². The average Bonchev–Trinajstić information content (AvgIpc) is 3.31. The molecule has 0 saturated carbocycles. The van der Waals surface area contributed by atoms with Crippen LogP contribution in [0.25, 0.3) is 11.0 Å². The molecule has 0 spiro atoms. The van der Waals surface area contributed by atoms with Gasteiger partial charge in [-0.15, -0.1) is 0 Å². The number of aromatic nitrogens is 3. The number of aryl methyl sites for hydroxylation is 1. The summed E-state index contributed by atoms with van der Waals surface area (Å²) < 4.78 is 0. The number of nitrogens with one attached hydrogen (secondary N) is 2. The summed E-state index contributed by atoms with van der Waals surface area (Å²) in [7, 11) is 0. The second-order valence-electron chi connectivity index (χ2n) is 9.40. The zero-order valence-corrected chi connectivity index (χ0v) is 20.5. The van der Waals surface area contributed by atoms with E-state index in [0.717, 1.165) is 62.2 Å². The van der Waals surface area contributed by atoms with Gasteiger partial charge in [0, 0.05) is 19.3 Å². The van der Waals surface area contributed by atoms with Crippen molar-refractivity contribution in [2.45, 2.75) is 64.7 Å². The molecule has 0 bridgehead atoms. The monoisotopic (exact) mass is 469 g/mol. The summed E-state index contributed by atoms with van der Waals surface area (Å²) in [4.78, 5) is 21.3. The van der Waals surface area contributed by atoms with E-state index < -0.39 is 0 Å². The van der Waals surface area contributed by atoms with Gasteiger partial charge in [-0.2, -0.15) is 5.48 Å². The van der Waals surface area contributed by atoms with Crippen molar-refractivity contribution in [1.82, 2.24) is 25.3 Å². The smallest absolute Gasteiger partial charge is 0.121 e. The molecule has 182 valence electrons. The normalized spacial score (nSPS) is 15.5. The molecular formula is C29H35N5O. The van der Waals surface area contributed by atoms with Crippen LogP contribution >= 0.6 is 0 Å². The fourth-order valence-electron chi connectivity index (χ4n) is 4.91. The van der Waals surface area contributed by atoms with Crippen molar-refractivity contribution in [3.8, 4) is 0 Å². The summed E-state index contributed by atoms with van der Waals surface area (Å²) in [5.74, 6) is 0.999. The lowest BCUT2D eigenvalue weighted by Gasteiger charge is -2.34. The molecule has 2 aromatic heterocycles. The summed E-state index contributed by atoms with van der Waals surface area (Å²) in [5, 5.41) is 0. The van der Waals surface area contributed by atoms with E-state index in [1.54, 1.807) is 0 Å². The summed E-state index contributed by atoms with van der Waals surface area (Å²) in [6.07, 6.45) is 7.55. The van der Waals surface area contributed by atoms with Crippen LogP contribution in [0.4, 0.5) is 0 Å². The van der Waals surface area contributed by atoms with Crippen LogP contribution in [-0.2, 0) is 30.9 Å². The number of pyridine rings is 1. The molecule has 2 N–H and O–H groups in total. The van der Waals surface area contributed by atoms with E-state index in [4.69, 9.17) is 14.8 Å². The first-order valence-electron chi connectivity index (χ1n) is 12.8. The SMILES string of the molecule is CCCCONCc1ccc(CN(Cc2nc3ccccc3[nH]2)C2CCCc3cccnc32)cc1. The third kappa shape index (κ3) is 5.96. The first-order chi connectivity index (χ1) is 17.3. The largest absolute Gasteiger partial charge is 0.341 e. The second kappa shape index (κ2) is 11.6. The van der Waals surface area contributed by atoms with Gasteiger partial charge in [-0.3, -0.25) is 9.88 Å². The van der Waals surface area contributed by atoms with E-state index in [1.807, 2.05) is 12.3 Å². The number of H-pyrrole nitrogens is 1. The van der Waals surface area contributed by atoms with Crippen LogP contribution in [0.3, 0.4) is 0 Å². The maximum atomic E-state index is 5.50. The van der Waals surface area contributed by atoms with Crippen molar-refractivity contribution in [2.75, 3.05) is 6.61 Å². The van der Waals surface area contributed by atoms with E-state index in [0.29, 0.717) is 6.54 Å². The molecule has 0 fully saturated rings. The predicted molar refractivity (Wildman–Crippen MR) is 139 cm³/mol. The Morgan fingerprint density at radius 2 is 1.89 bits per heavy atom. The standard InChI is InChI=1S/C29H35N5O/c1-2-3-18-35-31-19-22-13-15-23(16-14-22)20-34(21-28-32-25-10-4-5-11-26(25)33-28)27-12-6-8-24-9-7-17-30-29(24)27/h4-5,7,9-11,13-17,27,31H,2-3,6,8,12,18-21H2,1H3,(H,32,33). The molecule has 6 heteroatoms. The zero-order valence-electron chi connectivity index (χ0n) is 20.5. The van der Waals surface area contributed by atoms with Crippen LogP contribution < -0.4 is 5.48 Å². The fourth-order valence-corrected chi connectivity index (χ4v) is 4.91. The number of nitrogens with zero attached hydrogens (tertiary/aromatic N) is 3. The Morgan fingerprint density at radius 1 is 1.03 bits per heavy atom. The molecular weight excluding hydrogens is 434 g/mol. The molecule has 2 heterocycles. The third-order valence-electron chi connectivity index (χ3n) is 6.78. The molecule has 6 nitrogen and oxygen atoms in total. The maximum absolute atomic E-state index is 5.50. The molecule has 0 amide bonds. The van der Waals surface area contributed by atoms with Gasteiger partial charge in [0.05, 0.1) is 35.9 Å². The lowest BCUT2D eigenvalue weighted by atomic mass is 9.90. The van der Waals surface area contributed by atoms with Gasteiger partial charge in [-0.05, 0) is 60.6 Å². The minimum absolute atomic E-state index is 0.279. The number of rotatable bonds is 11. The van der Waals surface area contributed by atoms with Gasteiger partial charge in [0.25, 0.3) is 0 Å². The predicted octanol–water partition coefficient (Wildman–Crippen LogP) is 5.86. The summed E-state index contributed by atoms with van der Waals surface area (Å²) in [6, 6.07) is 21.7. The number of hydroxylamine groups is 1. The summed E-state index contributed by atoms with van der Waals surface area (Å²) >= 11 is 0. The van der Waals surface area contributed by atoms with Crippen molar-refractivity contribution >= 4 is 11.0 Å². The lowest BCUT2D eigenvalue weighted by Crippen LogP contribution is -2.31. The van der Waals surface area contributed by atoms with E-state index in [1.165, 1.54) is 28.8 Å². The molecule has 1 aliphatic carbocycles. The number of unbranched alkanes of at least 4 members (excludes halogenated alkanes) is 1. The van der Waals surface area contributed by atoms with E-state index >= 15 is 0 Å². The van der Waals surface area contributed by atoms with E-state index in [9.17, 15) is 0 Å². The van der Waals surface area contributed by atoms with Crippen LogP contribution in [0.2, 0.25) is 0 Å². The molecule has 5 rings (SSSR count). The summed E-state index contributed by atoms with van der Waals surface area (Å²) in [5.41, 5.74) is 10.3. The number of imidazole rings is 1. The minimum atomic E-state index is 0.279. The Hall–Kier alpha value is -3.06. The Morgan fingerprint density at radius 3 is 2.74 bits per heavy atom. The molecule has 35 heavy (non-hydrogen) atoms. The van der Waals surface area contributed by atoms with Gasteiger partial charge in [0.2, 0.25) is 0 Å². The summed E-state index contributed by atoms with van der Waals surface area (Å²) in [6.45, 7) is 5.23. The number of aromatic amines is 1. The van der Waals surface area contributed by atoms with Crippen LogP contribution in [0, 0.1) is 0 Å². The highest BCUT2D eigenvalue weighted by Crippen LogP contribution is 2.34. The molecule has 4 aromatic rings. The Labute approximate surface area is 207 Å². The Balaban J connectivity index is 1.34. The highest BCUT2D eigenvalue weighted by molar-refractivity contribution is 5.74. The highest BCUT2D eigenvalue weighted by Gasteiger charge is 2.28. The van der Waals surface area contributed by atoms with Crippen molar-refractivity contribution in [1.29, 1.82) is 0 Å². The van der Waals surface area contributed by atoms with Crippen molar-refractivity contribution < 1.29 is 4.84 Å². The number of para-hydroxylation sites is 2. The molecule has 1 aliphatic rings. The second-order valence-corrected chi connectivity index (χ2v) is 9.40. The fraction of sp³-hybridized carbons (Fsp3) is 0.379. The molecule has 1 atom stereocenters. The molecule has 0 radical (unpaired) electrons. The molecule has 2 aromatic carbocycles. The van der Waals surface area contributed by atoms with Gasteiger partial charge in [-0.25, -0.2) is 4.98 Å². The Kier molecular flexibility index (Phi) is 7.83. The average molecular weight is 470 g/mol. The zero-order chi connectivity index (χ0) is 23.9. The number of fused-ring (bicyclic) bond motifs is 2. The van der Waals surface area contributed by atoms with Gasteiger partial charge >= 0.3 is 0 Å². The van der Waals surface area contributed by atoms with Gasteiger partial charge in [-0.1, -0.05) is 55.8 Å². The molecule has 0 saturated heterocycles. The number of hydrogen-bond acceptors (Lipinski definition) is 5. The third-order valence-corrected chi connectivity index (χ3v) is 6.78. The van der Waals surface area contributed by atoms with Crippen LogP contribution in [0.15, 0.2) is 66.9 Å². The quantitative estimate of drug-likeness (QED) is 0.213. The topological polar surface area (TPSA) is 66.1 Å². The maximum Gasteiger partial charge on any atom is 0.121 e. The van der Waals surface area contributed by atoms with Crippen molar-refractivity contribution in [2.24, 2.45) is 0 Å². The van der Waals surface area contributed by atoms with Crippen LogP contribution in [0.5, 0.6) is 0 Å². The van der Waals surface area contributed by atoms with E-state index in [2.05, 4.69) is 76.9 Å². The van der Waals surface area contributed by atoms with Gasteiger partial charge < -0.3 is 9.82 Å². The first-order valence-corrected chi connectivity index (χ1v) is 12.8. The Bertz CT molecular complexity index is 1190. The highest BCUT2D eigenvalue weighted by atomic mass is 16.6. The van der Waals surface area contributed by atoms with Crippen molar-refractivity contribution in [3.05, 3.63) is 95.1 Å². The minimum Gasteiger partial charge on any atom is -0.341 e. The molecule has 0 aliphatic heterocycles. The first kappa shape index (κ1) is 23.7. The number of benzene rings is 2. The molecule has 1 unspecified atom stereocenters. The van der Waals surface area contributed by atoms with Crippen LogP contribution in [0.1, 0.15) is 66.9 Å². The number of hydrogen-bond donors (Lipinski definition) is 2. The lowest BCUT2D eigenvalue weighted by molar-refractivity contribution is 0.0348. The van der Waals surface area contributed by atoms with E-state index in [-0.39, 0.29) is 6.04 Å².